The topological polar surface area (TPSA) is 113 Å². The van der Waals surface area contributed by atoms with Gasteiger partial charge in [0.2, 0.25) is 20.0 Å². The van der Waals surface area contributed by atoms with Crippen molar-refractivity contribution in [1.82, 2.24) is 14.3 Å². The zero-order valence-electron chi connectivity index (χ0n) is 19.0. The van der Waals surface area contributed by atoms with Crippen LogP contribution < -0.4 is 10.0 Å². The molecule has 2 N–H and O–H groups in total. The van der Waals surface area contributed by atoms with E-state index < -0.39 is 20.0 Å². The molecule has 0 aliphatic heterocycles. The van der Waals surface area contributed by atoms with Crippen molar-refractivity contribution < 1.29 is 21.6 Å². The van der Waals surface area contributed by atoms with Crippen LogP contribution in [0.1, 0.15) is 53.6 Å². The zero-order chi connectivity index (χ0) is 24.1. The largest absolute Gasteiger partial charge is 0.348 e. The number of carbonyl (C=O) groups is 1. The molecule has 1 saturated carbocycles. The van der Waals surface area contributed by atoms with E-state index in [1.165, 1.54) is 35.6 Å². The van der Waals surface area contributed by atoms with Gasteiger partial charge in [-0.05, 0) is 55.3 Å². The van der Waals surface area contributed by atoms with Crippen LogP contribution in [-0.4, -0.2) is 47.2 Å². The molecule has 1 fully saturated rings. The highest BCUT2D eigenvalue weighted by molar-refractivity contribution is 7.89. The molecule has 0 saturated heterocycles. The van der Waals surface area contributed by atoms with E-state index in [0.717, 1.165) is 37.7 Å². The molecule has 1 aliphatic rings. The predicted molar refractivity (Wildman–Crippen MR) is 128 cm³/mol. The number of amides is 1. The summed E-state index contributed by atoms with van der Waals surface area (Å²) in [5, 5.41) is 2.80. The van der Waals surface area contributed by atoms with Crippen LogP contribution in [0.2, 0.25) is 0 Å². The molecule has 3 rings (SSSR count). The van der Waals surface area contributed by atoms with Crippen LogP contribution in [0.4, 0.5) is 0 Å². The number of hydrogen-bond donors (Lipinski definition) is 2. The average molecular weight is 494 g/mol. The molecule has 8 nitrogen and oxygen atoms in total. The third-order valence-electron chi connectivity index (χ3n) is 6.03. The maximum atomic E-state index is 12.9. The van der Waals surface area contributed by atoms with E-state index in [-0.39, 0.29) is 29.1 Å². The molecule has 0 bridgehead atoms. The van der Waals surface area contributed by atoms with Crippen LogP contribution in [0.15, 0.2) is 53.4 Å². The van der Waals surface area contributed by atoms with Crippen molar-refractivity contribution in [3.05, 3.63) is 65.2 Å². The minimum atomic E-state index is -3.60. The Morgan fingerprint density at radius 2 is 1.48 bits per heavy atom. The van der Waals surface area contributed by atoms with Gasteiger partial charge in [0.1, 0.15) is 0 Å². The first-order valence-electron chi connectivity index (χ1n) is 11.0. The van der Waals surface area contributed by atoms with Gasteiger partial charge < -0.3 is 5.32 Å². The minimum Gasteiger partial charge on any atom is -0.348 e. The molecular weight excluding hydrogens is 462 g/mol. The lowest BCUT2D eigenvalue weighted by atomic mass is 9.96. The summed E-state index contributed by atoms with van der Waals surface area (Å²) in [4.78, 5) is 12.7. The van der Waals surface area contributed by atoms with Gasteiger partial charge in [0.15, 0.2) is 0 Å². The number of benzene rings is 2. The van der Waals surface area contributed by atoms with Gasteiger partial charge >= 0.3 is 0 Å². The quantitative estimate of drug-likeness (QED) is 0.558. The van der Waals surface area contributed by atoms with Crippen molar-refractivity contribution in [3.8, 4) is 0 Å². The van der Waals surface area contributed by atoms with E-state index in [1.807, 2.05) is 0 Å². The monoisotopic (exact) mass is 493 g/mol. The normalized spacial score (nSPS) is 15.5. The smallest absolute Gasteiger partial charge is 0.251 e. The Kier molecular flexibility index (Phi) is 8.28. The number of rotatable bonds is 9. The molecule has 0 unspecified atom stereocenters. The Bertz CT molecular complexity index is 1160. The summed E-state index contributed by atoms with van der Waals surface area (Å²) < 4.78 is 52.9. The number of hydrogen-bond acceptors (Lipinski definition) is 5. The predicted octanol–water partition coefficient (Wildman–Crippen LogP) is 2.62. The second kappa shape index (κ2) is 10.8. The van der Waals surface area contributed by atoms with Gasteiger partial charge in [-0.3, -0.25) is 4.79 Å². The van der Waals surface area contributed by atoms with Crippen molar-refractivity contribution in [2.45, 2.75) is 55.3 Å². The minimum absolute atomic E-state index is 0.0245. The number of carbonyl (C=O) groups excluding carboxylic acids is 1. The van der Waals surface area contributed by atoms with Crippen LogP contribution in [0.25, 0.3) is 0 Å². The molecule has 10 heteroatoms. The Hall–Kier alpha value is -2.27. The van der Waals surface area contributed by atoms with Crippen LogP contribution >= 0.6 is 0 Å². The highest BCUT2D eigenvalue weighted by Crippen LogP contribution is 2.26. The van der Waals surface area contributed by atoms with Gasteiger partial charge in [-0.15, -0.1) is 0 Å². The van der Waals surface area contributed by atoms with Gasteiger partial charge in [-0.25, -0.2) is 21.6 Å². The first kappa shape index (κ1) is 25.4. The summed E-state index contributed by atoms with van der Waals surface area (Å²) in [5.74, 6) is -0.428. The molecule has 0 heterocycles. The van der Waals surface area contributed by atoms with Gasteiger partial charge in [0.25, 0.3) is 5.91 Å². The van der Waals surface area contributed by atoms with Crippen molar-refractivity contribution in [2.24, 2.45) is 0 Å². The van der Waals surface area contributed by atoms with Gasteiger partial charge in [-0.2, -0.15) is 4.31 Å². The molecular formula is C23H31N3O5S2. The lowest BCUT2D eigenvalue weighted by molar-refractivity contribution is 0.0950. The number of nitrogens with one attached hydrogen (secondary N) is 2. The maximum absolute atomic E-state index is 12.9. The Balaban J connectivity index is 1.59. The molecule has 0 atom stereocenters. The molecule has 1 amide bonds. The van der Waals surface area contributed by atoms with E-state index in [9.17, 15) is 21.6 Å². The average Bonchev–Trinajstić information content (AvgIpc) is 2.83. The molecule has 0 radical (unpaired) electrons. The van der Waals surface area contributed by atoms with Crippen LogP contribution in [0, 0.1) is 0 Å². The maximum Gasteiger partial charge on any atom is 0.251 e. The third-order valence-corrected chi connectivity index (χ3v) is 9.29. The number of nitrogens with zero attached hydrogens (tertiary/aromatic N) is 1. The molecule has 0 aromatic heterocycles. The van der Waals surface area contributed by atoms with E-state index >= 15 is 0 Å². The summed E-state index contributed by atoms with van der Waals surface area (Å²) in [7, 11) is -3.94. The molecule has 180 valence electrons. The highest BCUT2D eigenvalue weighted by atomic mass is 32.2. The first-order valence-corrected chi connectivity index (χ1v) is 14.1. The van der Waals surface area contributed by atoms with Gasteiger partial charge in [-0.1, -0.05) is 43.5 Å². The lowest BCUT2D eigenvalue weighted by Crippen LogP contribution is -2.38. The molecule has 33 heavy (non-hydrogen) atoms. The zero-order valence-corrected chi connectivity index (χ0v) is 20.6. The van der Waals surface area contributed by atoms with Crippen molar-refractivity contribution in [3.63, 3.8) is 0 Å². The van der Waals surface area contributed by atoms with E-state index in [1.54, 1.807) is 31.3 Å². The Labute approximate surface area is 196 Å². The van der Waals surface area contributed by atoms with Crippen LogP contribution in [0.5, 0.6) is 0 Å². The summed E-state index contributed by atoms with van der Waals surface area (Å²) >= 11 is 0. The Morgan fingerprint density at radius 1 is 0.909 bits per heavy atom. The molecule has 0 spiro atoms. The fraction of sp³-hybridized carbons (Fsp3) is 0.435. The Morgan fingerprint density at radius 3 is 2.06 bits per heavy atom. The standard InChI is InChI=1S/C23H31N3O5S2/c1-24-32(28,29)17-19-10-8-18(9-11-19)16-25-23(27)20-12-14-22(15-13-20)33(30,31)26(2)21-6-4-3-5-7-21/h8-15,21,24H,3-7,16-17H2,1-2H3,(H,25,27). The molecule has 2 aromatic carbocycles. The molecule has 1 aliphatic carbocycles. The van der Waals surface area contributed by atoms with Gasteiger partial charge in [0, 0.05) is 25.2 Å². The third kappa shape index (κ3) is 6.63. The van der Waals surface area contributed by atoms with Crippen molar-refractivity contribution >= 4 is 26.0 Å². The van der Waals surface area contributed by atoms with E-state index in [2.05, 4.69) is 10.0 Å². The number of sulfonamides is 2. The fourth-order valence-electron chi connectivity index (χ4n) is 3.91. The van der Waals surface area contributed by atoms with Crippen molar-refractivity contribution in [1.29, 1.82) is 0 Å². The second-order valence-electron chi connectivity index (χ2n) is 8.30. The van der Waals surface area contributed by atoms with E-state index in [4.69, 9.17) is 0 Å². The summed E-state index contributed by atoms with van der Waals surface area (Å²) in [6.45, 7) is 0.266. The fourth-order valence-corrected chi connectivity index (χ4v) is 6.11. The highest BCUT2D eigenvalue weighted by Gasteiger charge is 2.29. The summed E-state index contributed by atoms with van der Waals surface area (Å²) in [6, 6.07) is 12.9. The van der Waals surface area contributed by atoms with E-state index in [0.29, 0.717) is 11.1 Å². The van der Waals surface area contributed by atoms with Crippen molar-refractivity contribution in [2.75, 3.05) is 14.1 Å². The second-order valence-corrected chi connectivity index (χ2v) is 12.2. The molecule has 2 aromatic rings. The summed E-state index contributed by atoms with van der Waals surface area (Å²) in [6.07, 6.45) is 4.99. The van der Waals surface area contributed by atoms with Crippen LogP contribution in [0.3, 0.4) is 0 Å². The lowest BCUT2D eigenvalue weighted by Gasteiger charge is -2.30. The van der Waals surface area contributed by atoms with Crippen LogP contribution in [-0.2, 0) is 32.3 Å². The van der Waals surface area contributed by atoms with Gasteiger partial charge in [0.05, 0.1) is 10.6 Å². The first-order chi connectivity index (χ1) is 15.6. The SMILES string of the molecule is CNS(=O)(=O)Cc1ccc(CNC(=O)c2ccc(S(=O)(=O)N(C)C3CCCCC3)cc2)cc1. The summed E-state index contributed by atoms with van der Waals surface area (Å²) in [5.41, 5.74) is 1.84.